The lowest BCUT2D eigenvalue weighted by atomic mass is 10.1. The van der Waals surface area contributed by atoms with Crippen molar-refractivity contribution in [3.05, 3.63) is 60.2 Å². The number of fused-ring (bicyclic) bond motifs is 1. The Labute approximate surface area is 145 Å². The van der Waals surface area contributed by atoms with Crippen LogP contribution in [0.15, 0.2) is 48.8 Å². The maximum atomic E-state index is 13.8. The van der Waals surface area contributed by atoms with E-state index in [0.29, 0.717) is 36.4 Å². The molecule has 25 heavy (non-hydrogen) atoms. The summed E-state index contributed by atoms with van der Waals surface area (Å²) in [6.07, 6.45) is 4.31. The van der Waals surface area contributed by atoms with E-state index in [9.17, 15) is 12.8 Å². The topological polar surface area (TPSA) is 81.2 Å². The van der Waals surface area contributed by atoms with Gasteiger partial charge in [-0.2, -0.15) is 0 Å². The molecule has 0 aliphatic carbocycles. The van der Waals surface area contributed by atoms with Crippen LogP contribution in [0.25, 0.3) is 11.0 Å². The lowest BCUT2D eigenvalue weighted by Crippen LogP contribution is -2.13. The zero-order valence-corrected chi connectivity index (χ0v) is 14.1. The molecule has 3 aromatic rings. The Hall–Kier alpha value is -2.58. The maximum absolute atomic E-state index is 13.8. The Balaban J connectivity index is 1.72. The minimum absolute atomic E-state index is 0.314. The van der Waals surface area contributed by atoms with E-state index in [1.54, 1.807) is 36.7 Å². The predicted molar refractivity (Wildman–Crippen MR) is 92.7 cm³/mol. The summed E-state index contributed by atoms with van der Waals surface area (Å²) in [5.74, 6) is 0.506. The highest BCUT2D eigenvalue weighted by molar-refractivity contribution is 7.70. The number of thiol groups is 1. The van der Waals surface area contributed by atoms with Gasteiger partial charge in [-0.3, -0.25) is 9.97 Å². The first-order valence-corrected chi connectivity index (χ1v) is 8.84. The van der Waals surface area contributed by atoms with Crippen LogP contribution in [-0.2, 0) is 17.3 Å². The second-order valence-electron chi connectivity index (χ2n) is 5.37. The van der Waals surface area contributed by atoms with Gasteiger partial charge in [-0.25, -0.2) is 17.5 Å². The molecule has 1 heterocycles. The normalized spacial score (nSPS) is 11.1. The molecule has 0 spiro atoms. The molecule has 6 nitrogen and oxygen atoms in total. The van der Waals surface area contributed by atoms with Crippen LogP contribution in [0.3, 0.4) is 0 Å². The van der Waals surface area contributed by atoms with E-state index in [4.69, 9.17) is 4.74 Å². The molecule has 0 fully saturated rings. The van der Waals surface area contributed by atoms with Crippen molar-refractivity contribution in [1.29, 1.82) is 0 Å². The lowest BCUT2D eigenvalue weighted by Gasteiger charge is -2.09. The van der Waals surface area contributed by atoms with E-state index < -0.39 is 16.7 Å². The summed E-state index contributed by atoms with van der Waals surface area (Å²) in [6.45, 7) is 0.314. The molecule has 2 aromatic carbocycles. The number of hydrogen-bond donors (Lipinski definition) is 2. The monoisotopic (exact) mass is 361 g/mol. The highest BCUT2D eigenvalue weighted by Gasteiger charge is 2.05. The molecule has 130 valence electrons. The van der Waals surface area contributed by atoms with Crippen LogP contribution >= 0.6 is 0 Å². The molecule has 0 bridgehead atoms. The fraction of sp³-hybridized carbons (Fsp3) is 0.176. The van der Waals surface area contributed by atoms with Crippen molar-refractivity contribution >= 4 is 21.9 Å². The van der Waals surface area contributed by atoms with E-state index in [-0.39, 0.29) is 0 Å². The van der Waals surface area contributed by atoms with Gasteiger partial charge in [0.15, 0.2) is 0 Å². The van der Waals surface area contributed by atoms with Crippen molar-refractivity contribution in [3.8, 4) is 11.5 Å². The van der Waals surface area contributed by atoms with Gasteiger partial charge in [-0.1, -0.05) is 0 Å². The number of benzene rings is 2. The number of aromatic nitrogens is 2. The van der Waals surface area contributed by atoms with Crippen LogP contribution in [0.2, 0.25) is 0 Å². The molecule has 0 saturated carbocycles. The minimum Gasteiger partial charge on any atom is -0.457 e. The Kier molecular flexibility index (Phi) is 5.52. The SMILES string of the molecule is O=[SH](=O)NCCCc1cc(F)cc(Oc2ccc3nccnc3c2)c1. The summed E-state index contributed by atoms with van der Waals surface area (Å²) >= 11 is 0. The minimum atomic E-state index is -2.60. The first kappa shape index (κ1) is 17.2. The summed E-state index contributed by atoms with van der Waals surface area (Å²) in [5, 5.41) is 0. The molecule has 0 radical (unpaired) electrons. The number of halogens is 1. The fourth-order valence-corrected chi connectivity index (χ4v) is 2.77. The number of aryl methyl sites for hydroxylation is 1. The van der Waals surface area contributed by atoms with Crippen LogP contribution in [-0.4, -0.2) is 24.9 Å². The fourth-order valence-electron chi connectivity index (χ4n) is 2.43. The predicted octanol–water partition coefficient (Wildman–Crippen LogP) is 2.61. The third-order valence-corrected chi connectivity index (χ3v) is 3.97. The summed E-state index contributed by atoms with van der Waals surface area (Å²) in [6, 6.07) is 9.72. The van der Waals surface area contributed by atoms with Crippen molar-refractivity contribution in [1.82, 2.24) is 14.7 Å². The van der Waals surface area contributed by atoms with Crippen LogP contribution < -0.4 is 9.46 Å². The van der Waals surface area contributed by atoms with E-state index in [1.165, 1.54) is 12.1 Å². The molecular formula is C17H16FN3O3S. The summed E-state index contributed by atoms with van der Waals surface area (Å²) in [7, 11) is -2.60. The number of hydrogen-bond acceptors (Lipinski definition) is 5. The largest absolute Gasteiger partial charge is 0.457 e. The molecule has 1 aromatic heterocycles. The van der Waals surface area contributed by atoms with Gasteiger partial charge in [-0.15, -0.1) is 0 Å². The molecule has 0 amide bonds. The zero-order valence-electron chi connectivity index (χ0n) is 13.2. The standard InChI is InChI=1S/C17H16FN3O3S/c18-13-8-12(2-1-5-21-25(22)23)9-15(10-13)24-14-3-4-16-17(11-14)20-7-6-19-16/h3-4,6-11,25H,1-2,5H2,(H,21,22,23). The van der Waals surface area contributed by atoms with Gasteiger partial charge >= 0.3 is 0 Å². The quantitative estimate of drug-likeness (QED) is 0.499. The number of ether oxygens (including phenoxy) is 1. The molecule has 0 saturated heterocycles. The number of nitrogens with zero attached hydrogens (tertiary/aromatic N) is 2. The molecule has 0 aliphatic rings. The van der Waals surface area contributed by atoms with E-state index in [0.717, 1.165) is 11.1 Å². The van der Waals surface area contributed by atoms with Crippen LogP contribution in [0.4, 0.5) is 4.39 Å². The molecule has 3 rings (SSSR count). The molecule has 1 N–H and O–H groups in total. The van der Waals surface area contributed by atoms with E-state index in [2.05, 4.69) is 14.7 Å². The Morgan fingerprint density at radius 1 is 1.00 bits per heavy atom. The smallest absolute Gasteiger partial charge is 0.201 e. The second kappa shape index (κ2) is 8.00. The summed E-state index contributed by atoms with van der Waals surface area (Å²) in [4.78, 5) is 8.39. The first-order chi connectivity index (χ1) is 12.1. The van der Waals surface area contributed by atoms with Crippen molar-refractivity contribution < 1.29 is 17.5 Å². The average molecular weight is 361 g/mol. The second-order valence-corrected chi connectivity index (χ2v) is 6.20. The molecule has 0 atom stereocenters. The summed E-state index contributed by atoms with van der Waals surface area (Å²) < 4.78 is 42.8. The van der Waals surface area contributed by atoms with Gasteiger partial charge in [0.25, 0.3) is 0 Å². The van der Waals surface area contributed by atoms with Crippen molar-refractivity contribution in [2.24, 2.45) is 0 Å². The van der Waals surface area contributed by atoms with Gasteiger partial charge in [0.1, 0.15) is 17.3 Å². The molecule has 0 aliphatic heterocycles. The Morgan fingerprint density at radius 2 is 1.80 bits per heavy atom. The Morgan fingerprint density at radius 3 is 2.60 bits per heavy atom. The van der Waals surface area contributed by atoms with Crippen molar-refractivity contribution in [2.45, 2.75) is 12.8 Å². The van der Waals surface area contributed by atoms with Crippen molar-refractivity contribution in [3.63, 3.8) is 0 Å². The van der Waals surface area contributed by atoms with Gasteiger partial charge in [0.2, 0.25) is 10.9 Å². The maximum Gasteiger partial charge on any atom is 0.201 e. The molecule has 8 heteroatoms. The van der Waals surface area contributed by atoms with Crippen LogP contribution in [0.1, 0.15) is 12.0 Å². The van der Waals surface area contributed by atoms with Gasteiger partial charge in [-0.05, 0) is 42.7 Å². The Bertz CT molecular complexity index is 955. The summed E-state index contributed by atoms with van der Waals surface area (Å²) in [5.41, 5.74) is 2.17. The van der Waals surface area contributed by atoms with Gasteiger partial charge in [0, 0.05) is 31.1 Å². The first-order valence-electron chi connectivity index (χ1n) is 7.66. The molecular weight excluding hydrogens is 345 g/mol. The third-order valence-electron chi connectivity index (χ3n) is 3.49. The van der Waals surface area contributed by atoms with E-state index in [1.807, 2.05) is 0 Å². The van der Waals surface area contributed by atoms with Crippen LogP contribution in [0.5, 0.6) is 11.5 Å². The zero-order chi connectivity index (χ0) is 17.6. The number of nitrogens with one attached hydrogen (secondary N) is 1. The van der Waals surface area contributed by atoms with E-state index >= 15 is 0 Å². The van der Waals surface area contributed by atoms with Crippen LogP contribution in [0, 0.1) is 5.82 Å². The van der Waals surface area contributed by atoms with Crippen molar-refractivity contribution in [2.75, 3.05) is 6.54 Å². The lowest BCUT2D eigenvalue weighted by molar-refractivity contribution is 0.476. The molecule has 0 unspecified atom stereocenters. The highest BCUT2D eigenvalue weighted by Crippen LogP contribution is 2.26. The van der Waals surface area contributed by atoms with Gasteiger partial charge < -0.3 is 4.74 Å². The highest BCUT2D eigenvalue weighted by atomic mass is 32.2. The average Bonchev–Trinajstić information content (AvgIpc) is 2.58. The van der Waals surface area contributed by atoms with Gasteiger partial charge in [0.05, 0.1) is 11.0 Å². The number of rotatable bonds is 7. The third kappa shape index (κ3) is 4.94.